The third kappa shape index (κ3) is 6.19. The molecule has 0 aliphatic carbocycles. The second kappa shape index (κ2) is 9.92. The van der Waals surface area contributed by atoms with Crippen LogP contribution < -0.4 is 0 Å². The molecular weight excluding hydrogens is 296 g/mol. The van der Waals surface area contributed by atoms with Gasteiger partial charge in [0.25, 0.3) is 0 Å². The van der Waals surface area contributed by atoms with E-state index in [1.165, 1.54) is 23.1 Å². The van der Waals surface area contributed by atoms with Gasteiger partial charge in [0.05, 0.1) is 5.56 Å². The van der Waals surface area contributed by atoms with Crippen molar-refractivity contribution in [2.24, 2.45) is 0 Å². The normalized spacial score (nSPS) is 12.7. The Hall–Kier alpha value is -2.09. The van der Waals surface area contributed by atoms with Gasteiger partial charge >= 0.3 is 5.97 Å². The van der Waals surface area contributed by atoms with Gasteiger partial charge in [0.15, 0.2) is 0 Å². The van der Waals surface area contributed by atoms with Gasteiger partial charge in [0.2, 0.25) is 0 Å². The second-order valence-corrected chi connectivity index (χ2v) is 6.46. The van der Waals surface area contributed by atoms with Crippen LogP contribution in [0.5, 0.6) is 0 Å². The first kappa shape index (κ1) is 20.0. The van der Waals surface area contributed by atoms with E-state index in [1.54, 1.807) is 12.1 Å². The number of benzene rings is 2. The zero-order chi connectivity index (χ0) is 18.1. The van der Waals surface area contributed by atoms with Crippen LogP contribution in [0.15, 0.2) is 48.5 Å². The number of hydrogen-bond acceptors (Lipinski definition) is 1. The van der Waals surface area contributed by atoms with E-state index >= 15 is 0 Å². The van der Waals surface area contributed by atoms with Crippen molar-refractivity contribution in [2.45, 2.75) is 59.3 Å². The molecular formula is C22H30O2. The van der Waals surface area contributed by atoms with Crippen LogP contribution in [-0.2, 0) is 0 Å². The number of carboxylic acids is 1. The molecule has 2 unspecified atom stereocenters. The lowest BCUT2D eigenvalue weighted by Crippen LogP contribution is -1.97. The van der Waals surface area contributed by atoms with Crippen LogP contribution in [0.1, 0.15) is 79.4 Å². The maximum Gasteiger partial charge on any atom is 0.335 e. The molecule has 0 fully saturated rings. The summed E-state index contributed by atoms with van der Waals surface area (Å²) in [6.45, 7) is 10.9. The van der Waals surface area contributed by atoms with Gasteiger partial charge in [-0.3, -0.25) is 0 Å². The molecule has 130 valence electrons. The van der Waals surface area contributed by atoms with Crippen molar-refractivity contribution in [1.82, 2.24) is 0 Å². The van der Waals surface area contributed by atoms with Crippen LogP contribution in [0.3, 0.4) is 0 Å². The minimum absolute atomic E-state index is 0.354. The van der Waals surface area contributed by atoms with E-state index in [1.807, 2.05) is 12.1 Å². The zero-order valence-electron chi connectivity index (χ0n) is 15.5. The standard InChI is InChI=1S/C11H14O2.C11H16/c1-3-8(2)9-4-6-10(7-5-9)11(12)13;1-4-10(3)11-7-5-6-9(2)8-11/h4-8H,3H2,1-2H3,(H,12,13);5-8,10H,4H2,1-3H3. The summed E-state index contributed by atoms with van der Waals surface area (Å²) in [6, 6.07) is 15.8. The minimum Gasteiger partial charge on any atom is -0.478 e. The zero-order valence-corrected chi connectivity index (χ0v) is 15.5. The van der Waals surface area contributed by atoms with E-state index in [9.17, 15) is 4.79 Å². The summed E-state index contributed by atoms with van der Waals surface area (Å²) >= 11 is 0. The monoisotopic (exact) mass is 326 g/mol. The smallest absolute Gasteiger partial charge is 0.335 e. The number of rotatable bonds is 5. The number of carboxylic acid groups (broad SMARTS) is 1. The van der Waals surface area contributed by atoms with Crippen molar-refractivity contribution >= 4 is 5.97 Å². The first-order chi connectivity index (χ1) is 11.4. The number of aromatic carboxylic acids is 1. The van der Waals surface area contributed by atoms with Crippen LogP contribution in [-0.4, -0.2) is 11.1 Å². The van der Waals surface area contributed by atoms with E-state index in [4.69, 9.17) is 5.11 Å². The van der Waals surface area contributed by atoms with Crippen LogP contribution in [0, 0.1) is 6.92 Å². The average molecular weight is 326 g/mol. The fourth-order valence-electron chi connectivity index (χ4n) is 2.40. The maximum absolute atomic E-state index is 10.6. The lowest BCUT2D eigenvalue weighted by atomic mass is 9.97. The molecule has 2 heteroatoms. The summed E-state index contributed by atoms with van der Waals surface area (Å²) in [4.78, 5) is 10.6. The number of aryl methyl sites for hydroxylation is 1. The largest absolute Gasteiger partial charge is 0.478 e. The molecule has 0 spiro atoms. The fraction of sp³-hybridized carbons (Fsp3) is 0.409. The highest BCUT2D eigenvalue weighted by atomic mass is 16.4. The van der Waals surface area contributed by atoms with Gasteiger partial charge < -0.3 is 5.11 Å². The average Bonchev–Trinajstić information content (AvgIpc) is 2.61. The topological polar surface area (TPSA) is 37.3 Å². The van der Waals surface area contributed by atoms with E-state index in [-0.39, 0.29) is 0 Å². The predicted octanol–water partition coefficient (Wildman–Crippen LogP) is 6.41. The molecule has 0 amide bonds. The third-order valence-corrected chi connectivity index (χ3v) is 4.56. The summed E-state index contributed by atoms with van der Waals surface area (Å²) in [5.74, 6) is 0.341. The van der Waals surface area contributed by atoms with E-state index < -0.39 is 5.97 Å². The Bertz CT molecular complexity index is 629. The Morgan fingerprint density at radius 2 is 1.46 bits per heavy atom. The molecule has 24 heavy (non-hydrogen) atoms. The molecule has 0 aliphatic heterocycles. The molecule has 2 atom stereocenters. The maximum atomic E-state index is 10.6. The Labute approximate surface area is 146 Å². The van der Waals surface area contributed by atoms with Crippen molar-refractivity contribution in [1.29, 1.82) is 0 Å². The lowest BCUT2D eigenvalue weighted by molar-refractivity contribution is 0.0697. The minimum atomic E-state index is -0.865. The third-order valence-electron chi connectivity index (χ3n) is 4.56. The molecule has 0 saturated heterocycles. The first-order valence-corrected chi connectivity index (χ1v) is 8.78. The fourth-order valence-corrected chi connectivity index (χ4v) is 2.40. The molecule has 0 saturated carbocycles. The SMILES string of the molecule is CCC(C)c1ccc(C(=O)O)cc1.CCC(C)c1cccc(C)c1. The summed E-state index contributed by atoms with van der Waals surface area (Å²) in [7, 11) is 0. The number of carbonyl (C=O) groups is 1. The van der Waals surface area contributed by atoms with Crippen molar-refractivity contribution in [2.75, 3.05) is 0 Å². The van der Waals surface area contributed by atoms with E-state index in [2.05, 4.69) is 58.9 Å². The molecule has 0 heterocycles. The molecule has 0 aromatic heterocycles. The summed E-state index contributed by atoms with van der Waals surface area (Å²) < 4.78 is 0. The molecule has 2 aromatic rings. The highest BCUT2D eigenvalue weighted by Crippen LogP contribution is 2.19. The van der Waals surface area contributed by atoms with Crippen molar-refractivity contribution in [3.05, 3.63) is 70.8 Å². The molecule has 1 N–H and O–H groups in total. The van der Waals surface area contributed by atoms with Crippen molar-refractivity contribution in [3.8, 4) is 0 Å². The summed E-state index contributed by atoms with van der Waals surface area (Å²) in [5.41, 5.74) is 4.38. The molecule has 2 nitrogen and oxygen atoms in total. The Kier molecular flexibility index (Phi) is 8.25. The lowest BCUT2D eigenvalue weighted by Gasteiger charge is -2.08. The van der Waals surface area contributed by atoms with Gasteiger partial charge in [-0.05, 0) is 54.9 Å². The van der Waals surface area contributed by atoms with Crippen LogP contribution in [0.2, 0.25) is 0 Å². The van der Waals surface area contributed by atoms with Crippen LogP contribution in [0.4, 0.5) is 0 Å². The second-order valence-electron chi connectivity index (χ2n) is 6.46. The van der Waals surface area contributed by atoms with Crippen LogP contribution in [0.25, 0.3) is 0 Å². The molecule has 0 radical (unpaired) electrons. The van der Waals surface area contributed by atoms with Crippen molar-refractivity contribution < 1.29 is 9.90 Å². The quantitative estimate of drug-likeness (QED) is 0.689. The summed E-state index contributed by atoms with van der Waals surface area (Å²) in [5, 5.41) is 8.67. The van der Waals surface area contributed by atoms with E-state index in [0.717, 1.165) is 6.42 Å². The van der Waals surface area contributed by atoms with Gasteiger partial charge in [-0.15, -0.1) is 0 Å². The van der Waals surface area contributed by atoms with Gasteiger partial charge in [-0.25, -0.2) is 4.79 Å². The first-order valence-electron chi connectivity index (χ1n) is 8.78. The van der Waals surface area contributed by atoms with Gasteiger partial charge in [-0.1, -0.05) is 69.7 Å². The highest BCUT2D eigenvalue weighted by molar-refractivity contribution is 5.87. The van der Waals surface area contributed by atoms with E-state index in [0.29, 0.717) is 17.4 Å². The molecule has 0 aliphatic rings. The Balaban J connectivity index is 0.000000243. The van der Waals surface area contributed by atoms with Crippen LogP contribution >= 0.6 is 0 Å². The molecule has 2 rings (SSSR count). The Morgan fingerprint density at radius 3 is 1.92 bits per heavy atom. The predicted molar refractivity (Wildman–Crippen MR) is 102 cm³/mol. The van der Waals surface area contributed by atoms with Gasteiger partial charge in [-0.2, -0.15) is 0 Å². The summed E-state index contributed by atoms with van der Waals surface area (Å²) in [6.07, 6.45) is 2.30. The van der Waals surface area contributed by atoms with Crippen molar-refractivity contribution in [3.63, 3.8) is 0 Å². The van der Waals surface area contributed by atoms with Gasteiger partial charge in [0.1, 0.15) is 0 Å². The van der Waals surface area contributed by atoms with Gasteiger partial charge in [0, 0.05) is 0 Å². The highest BCUT2D eigenvalue weighted by Gasteiger charge is 2.05. The Morgan fingerprint density at radius 1 is 0.917 bits per heavy atom. The number of hydrogen-bond donors (Lipinski definition) is 1. The molecule has 2 aromatic carbocycles. The molecule has 0 bridgehead atoms.